The molecule has 4 heteroatoms. The minimum Gasteiger partial charge on any atom is -0.327 e. The first-order chi connectivity index (χ1) is 7.65. The van der Waals surface area contributed by atoms with E-state index in [9.17, 15) is 13.2 Å². The molecule has 0 amide bonds. The zero-order valence-electron chi connectivity index (χ0n) is 10.1. The molecule has 1 saturated carbocycles. The zero-order chi connectivity index (χ0) is 13.0. The van der Waals surface area contributed by atoms with Gasteiger partial charge in [-0.15, -0.1) is 0 Å². The van der Waals surface area contributed by atoms with Crippen molar-refractivity contribution in [1.29, 1.82) is 0 Å². The highest BCUT2D eigenvalue weighted by Crippen LogP contribution is 2.58. The van der Waals surface area contributed by atoms with Crippen LogP contribution in [0, 0.1) is 12.3 Å². The van der Waals surface area contributed by atoms with Crippen molar-refractivity contribution in [2.24, 2.45) is 11.1 Å². The third-order valence-corrected chi connectivity index (χ3v) is 3.84. The van der Waals surface area contributed by atoms with Gasteiger partial charge < -0.3 is 5.73 Å². The van der Waals surface area contributed by atoms with Crippen LogP contribution < -0.4 is 5.73 Å². The van der Waals surface area contributed by atoms with E-state index in [0.717, 1.165) is 11.6 Å². The van der Waals surface area contributed by atoms with Crippen molar-refractivity contribution in [3.8, 4) is 0 Å². The Kier molecular flexibility index (Phi) is 2.54. The first kappa shape index (κ1) is 12.4. The lowest BCUT2D eigenvalue weighted by Crippen LogP contribution is -2.07. The van der Waals surface area contributed by atoms with Gasteiger partial charge in [0.05, 0.1) is 5.56 Å². The van der Waals surface area contributed by atoms with Gasteiger partial charge in [-0.05, 0) is 35.6 Å². The molecule has 1 nitrogen and oxygen atoms in total. The number of aryl methyl sites for hydroxylation is 1. The van der Waals surface area contributed by atoms with Crippen LogP contribution in [0.15, 0.2) is 18.2 Å². The van der Waals surface area contributed by atoms with Crippen LogP contribution in [-0.2, 0) is 6.18 Å². The molecular weight excluding hydrogens is 227 g/mol. The molecule has 1 aliphatic carbocycles. The Bertz CT molecular complexity index is 448. The van der Waals surface area contributed by atoms with Crippen molar-refractivity contribution in [2.45, 2.75) is 38.9 Å². The fourth-order valence-electron chi connectivity index (χ4n) is 2.47. The van der Waals surface area contributed by atoms with Gasteiger partial charge in [-0.25, -0.2) is 0 Å². The second-order valence-electron chi connectivity index (χ2n) is 5.39. The molecule has 1 aromatic rings. The Morgan fingerprint density at radius 2 is 1.76 bits per heavy atom. The van der Waals surface area contributed by atoms with Gasteiger partial charge in [0.1, 0.15) is 0 Å². The minimum absolute atomic E-state index is 0.00942. The lowest BCUT2D eigenvalue weighted by atomic mass is 9.97. The third kappa shape index (κ3) is 1.95. The smallest absolute Gasteiger partial charge is 0.327 e. The summed E-state index contributed by atoms with van der Waals surface area (Å²) in [7, 11) is 0. The van der Waals surface area contributed by atoms with Crippen molar-refractivity contribution in [3.63, 3.8) is 0 Å². The second kappa shape index (κ2) is 3.48. The number of hydrogen-bond acceptors (Lipinski definition) is 1. The van der Waals surface area contributed by atoms with E-state index in [1.165, 1.54) is 6.07 Å². The first-order valence-electron chi connectivity index (χ1n) is 5.59. The average molecular weight is 243 g/mol. The molecule has 1 fully saturated rings. The molecule has 0 saturated heterocycles. The summed E-state index contributed by atoms with van der Waals surface area (Å²) in [6.07, 6.45) is -4.27. The maximum absolute atomic E-state index is 12.5. The lowest BCUT2D eigenvalue weighted by molar-refractivity contribution is -0.137. The molecule has 2 atom stereocenters. The van der Waals surface area contributed by atoms with Crippen LogP contribution in [0.5, 0.6) is 0 Å². The van der Waals surface area contributed by atoms with E-state index in [1.807, 2.05) is 13.8 Å². The summed E-state index contributed by atoms with van der Waals surface area (Å²) in [5.74, 6) is 0.171. The van der Waals surface area contributed by atoms with Crippen molar-refractivity contribution in [3.05, 3.63) is 34.9 Å². The van der Waals surface area contributed by atoms with Crippen LogP contribution in [0.1, 0.15) is 36.5 Å². The molecule has 2 rings (SSSR count). The summed E-state index contributed by atoms with van der Waals surface area (Å²) in [5, 5.41) is 0. The highest BCUT2D eigenvalue weighted by Gasteiger charge is 2.56. The van der Waals surface area contributed by atoms with Crippen molar-refractivity contribution in [2.75, 3.05) is 0 Å². The molecule has 0 heterocycles. The van der Waals surface area contributed by atoms with Crippen LogP contribution in [0.25, 0.3) is 0 Å². The molecule has 0 aromatic heterocycles. The standard InChI is InChI=1S/C13H16F3N/c1-7-6-8(13(14,15)16)4-5-9(7)10-11(17)12(10,2)3/h4-6,10-11H,17H2,1-3H3/t10-,11-/m0/s1. The molecule has 0 unspecified atom stereocenters. The first-order valence-corrected chi connectivity index (χ1v) is 5.59. The molecule has 17 heavy (non-hydrogen) atoms. The fraction of sp³-hybridized carbons (Fsp3) is 0.538. The molecule has 0 radical (unpaired) electrons. The molecule has 0 bridgehead atoms. The van der Waals surface area contributed by atoms with E-state index in [2.05, 4.69) is 0 Å². The summed E-state index contributed by atoms with van der Waals surface area (Å²) in [6, 6.07) is 3.95. The van der Waals surface area contributed by atoms with Gasteiger partial charge in [0.15, 0.2) is 0 Å². The highest BCUT2D eigenvalue weighted by molar-refractivity contribution is 5.42. The number of rotatable bonds is 1. The zero-order valence-corrected chi connectivity index (χ0v) is 10.1. The van der Waals surface area contributed by atoms with Gasteiger partial charge in [-0.3, -0.25) is 0 Å². The van der Waals surface area contributed by atoms with Gasteiger partial charge in [-0.2, -0.15) is 13.2 Å². The molecule has 1 aromatic carbocycles. The molecule has 94 valence electrons. The molecule has 1 aliphatic rings. The summed E-state index contributed by atoms with van der Waals surface area (Å²) in [5.41, 5.74) is 6.96. The summed E-state index contributed by atoms with van der Waals surface area (Å²) < 4.78 is 37.6. The Morgan fingerprint density at radius 3 is 2.12 bits per heavy atom. The van der Waals surface area contributed by atoms with Crippen LogP contribution in [0.4, 0.5) is 13.2 Å². The normalized spacial score (nSPS) is 27.0. The average Bonchev–Trinajstić information content (AvgIpc) is 2.65. The van der Waals surface area contributed by atoms with E-state index < -0.39 is 11.7 Å². The van der Waals surface area contributed by atoms with E-state index in [-0.39, 0.29) is 17.4 Å². The maximum Gasteiger partial charge on any atom is 0.416 e. The fourth-order valence-corrected chi connectivity index (χ4v) is 2.47. The summed E-state index contributed by atoms with van der Waals surface area (Å²) in [6.45, 7) is 5.80. The molecule has 0 aliphatic heterocycles. The topological polar surface area (TPSA) is 26.0 Å². The van der Waals surface area contributed by atoms with Crippen LogP contribution in [0.2, 0.25) is 0 Å². The van der Waals surface area contributed by atoms with Crippen LogP contribution >= 0.6 is 0 Å². The van der Waals surface area contributed by atoms with Gasteiger partial charge in [0.2, 0.25) is 0 Å². The third-order valence-electron chi connectivity index (χ3n) is 3.84. The number of benzene rings is 1. The van der Waals surface area contributed by atoms with E-state index in [0.29, 0.717) is 5.56 Å². The van der Waals surface area contributed by atoms with Crippen LogP contribution in [0.3, 0.4) is 0 Å². The number of halogens is 3. The molecular formula is C13H16F3N. The Hall–Kier alpha value is -1.03. The Morgan fingerprint density at radius 1 is 1.24 bits per heavy atom. The van der Waals surface area contributed by atoms with Crippen molar-refractivity contribution >= 4 is 0 Å². The predicted octanol–water partition coefficient (Wildman–Crippen LogP) is 3.46. The van der Waals surface area contributed by atoms with Gasteiger partial charge in [-0.1, -0.05) is 19.9 Å². The summed E-state index contributed by atoms with van der Waals surface area (Å²) >= 11 is 0. The van der Waals surface area contributed by atoms with Gasteiger partial charge >= 0.3 is 6.18 Å². The number of nitrogens with two attached hydrogens (primary N) is 1. The second-order valence-corrected chi connectivity index (χ2v) is 5.39. The Balaban J connectivity index is 2.35. The number of alkyl halides is 3. The SMILES string of the molecule is Cc1cc(C(F)(F)F)ccc1[C@H]1[C@H](N)C1(C)C. The van der Waals surface area contributed by atoms with Crippen molar-refractivity contribution < 1.29 is 13.2 Å². The molecule has 0 spiro atoms. The van der Waals surface area contributed by atoms with Gasteiger partial charge in [0, 0.05) is 12.0 Å². The van der Waals surface area contributed by atoms with E-state index >= 15 is 0 Å². The van der Waals surface area contributed by atoms with Gasteiger partial charge in [0.25, 0.3) is 0 Å². The minimum atomic E-state index is -4.27. The largest absolute Gasteiger partial charge is 0.416 e. The maximum atomic E-state index is 12.5. The van der Waals surface area contributed by atoms with E-state index in [1.54, 1.807) is 13.0 Å². The lowest BCUT2D eigenvalue weighted by Gasteiger charge is -2.11. The Labute approximate surface area is 98.8 Å². The van der Waals surface area contributed by atoms with Crippen LogP contribution in [-0.4, -0.2) is 6.04 Å². The predicted molar refractivity (Wildman–Crippen MR) is 60.7 cm³/mol. The quantitative estimate of drug-likeness (QED) is 0.803. The molecule has 2 N–H and O–H groups in total. The van der Waals surface area contributed by atoms with E-state index in [4.69, 9.17) is 5.73 Å². The highest BCUT2D eigenvalue weighted by atomic mass is 19.4. The van der Waals surface area contributed by atoms with Crippen molar-refractivity contribution in [1.82, 2.24) is 0 Å². The monoisotopic (exact) mass is 243 g/mol. The summed E-state index contributed by atoms with van der Waals surface area (Å²) in [4.78, 5) is 0. The number of hydrogen-bond donors (Lipinski definition) is 1.